The molecule has 0 saturated carbocycles. The Morgan fingerprint density at radius 2 is 1.68 bits per heavy atom. The molecule has 0 heterocycles. The van der Waals surface area contributed by atoms with Crippen LogP contribution in [0.2, 0.25) is 0 Å². The Hall–Kier alpha value is -0.850. The Bertz CT molecular complexity index is 247. The fourth-order valence-electron chi connectivity index (χ4n) is 1.58. The summed E-state index contributed by atoms with van der Waals surface area (Å²) < 4.78 is 21.1. The Balaban J connectivity index is 3.95. The summed E-state index contributed by atoms with van der Waals surface area (Å²) in [7, 11) is 3.28. The summed E-state index contributed by atoms with van der Waals surface area (Å²) in [5.74, 6) is 0. The maximum Gasteiger partial charge on any atom is 0.0704 e. The average Bonchev–Trinajstić information content (AvgIpc) is 2.39. The number of rotatable bonds is 13. The van der Waals surface area contributed by atoms with Crippen molar-refractivity contribution in [2.24, 2.45) is 5.11 Å². The van der Waals surface area contributed by atoms with Gasteiger partial charge in [0.2, 0.25) is 0 Å². The van der Waals surface area contributed by atoms with Crippen molar-refractivity contribution in [3.63, 3.8) is 0 Å². The van der Waals surface area contributed by atoms with Gasteiger partial charge < -0.3 is 18.9 Å². The molecule has 2 unspecified atom stereocenters. The van der Waals surface area contributed by atoms with Crippen LogP contribution in [0, 0.1) is 0 Å². The number of ether oxygens (including phenoxy) is 4. The second kappa shape index (κ2) is 13.6. The molecule has 0 aromatic rings. The number of hydrogen-bond donors (Lipinski definition) is 0. The molecular weight excluding hydrogens is 250 g/mol. The van der Waals surface area contributed by atoms with Crippen LogP contribution >= 0.6 is 0 Å². The predicted octanol–water partition coefficient (Wildman–Crippen LogP) is 2.16. The quantitative estimate of drug-likeness (QED) is 0.223. The third-order valence-corrected chi connectivity index (χ3v) is 2.54. The van der Waals surface area contributed by atoms with E-state index in [1.165, 1.54) is 0 Å². The van der Waals surface area contributed by atoms with Crippen molar-refractivity contribution in [2.75, 3.05) is 47.2 Å². The van der Waals surface area contributed by atoms with Gasteiger partial charge >= 0.3 is 0 Å². The Morgan fingerprint density at radius 3 is 2.26 bits per heavy atom. The van der Waals surface area contributed by atoms with E-state index in [0.29, 0.717) is 39.4 Å². The number of hydrogen-bond acceptors (Lipinski definition) is 5. The Labute approximate surface area is 114 Å². The first kappa shape index (κ1) is 18.1. The molecule has 0 amide bonds. The van der Waals surface area contributed by atoms with Crippen molar-refractivity contribution in [2.45, 2.75) is 32.0 Å². The first-order valence-corrected chi connectivity index (χ1v) is 6.46. The van der Waals surface area contributed by atoms with Crippen molar-refractivity contribution in [3.8, 4) is 0 Å². The van der Waals surface area contributed by atoms with E-state index in [0.717, 1.165) is 6.42 Å². The maximum absolute atomic E-state index is 8.28. The molecule has 7 heteroatoms. The molecule has 0 bridgehead atoms. The monoisotopic (exact) mass is 275 g/mol. The van der Waals surface area contributed by atoms with E-state index < -0.39 is 0 Å². The van der Waals surface area contributed by atoms with E-state index >= 15 is 0 Å². The van der Waals surface area contributed by atoms with Gasteiger partial charge in [0.15, 0.2) is 0 Å². The second-order valence-electron chi connectivity index (χ2n) is 4.14. The van der Waals surface area contributed by atoms with Crippen molar-refractivity contribution in [3.05, 3.63) is 10.4 Å². The zero-order valence-electron chi connectivity index (χ0n) is 12.1. The number of nitrogens with zero attached hydrogens (tertiary/aromatic N) is 3. The Morgan fingerprint density at radius 1 is 1.05 bits per heavy atom. The van der Waals surface area contributed by atoms with Crippen LogP contribution < -0.4 is 0 Å². The zero-order chi connectivity index (χ0) is 14.3. The molecule has 19 heavy (non-hydrogen) atoms. The van der Waals surface area contributed by atoms with Crippen LogP contribution in [0.3, 0.4) is 0 Å². The SMILES string of the molecule is COCCOC(C)CC(CCN=[N+]=[N-])OCCOC. The summed E-state index contributed by atoms with van der Waals surface area (Å²) in [4.78, 5) is 2.74. The minimum Gasteiger partial charge on any atom is -0.382 e. The van der Waals surface area contributed by atoms with Gasteiger partial charge in [-0.3, -0.25) is 0 Å². The number of azide groups is 1. The number of methoxy groups -OCH3 is 2. The lowest BCUT2D eigenvalue weighted by Gasteiger charge is -2.21. The van der Waals surface area contributed by atoms with Crippen LogP contribution in [0.4, 0.5) is 0 Å². The fraction of sp³-hybridized carbons (Fsp3) is 1.00. The predicted molar refractivity (Wildman–Crippen MR) is 72.2 cm³/mol. The molecule has 0 aliphatic heterocycles. The van der Waals surface area contributed by atoms with Gasteiger partial charge in [-0.2, -0.15) is 0 Å². The third-order valence-electron chi connectivity index (χ3n) is 2.54. The first-order valence-electron chi connectivity index (χ1n) is 6.46. The highest BCUT2D eigenvalue weighted by Crippen LogP contribution is 2.10. The van der Waals surface area contributed by atoms with Gasteiger partial charge in [0, 0.05) is 25.7 Å². The highest BCUT2D eigenvalue weighted by atomic mass is 16.5. The first-order chi connectivity index (χ1) is 9.24. The lowest BCUT2D eigenvalue weighted by Crippen LogP contribution is -2.24. The lowest BCUT2D eigenvalue weighted by atomic mass is 10.1. The van der Waals surface area contributed by atoms with Crippen LogP contribution in [0.15, 0.2) is 5.11 Å². The molecule has 0 rings (SSSR count). The van der Waals surface area contributed by atoms with Gasteiger partial charge in [-0.15, -0.1) is 0 Å². The van der Waals surface area contributed by atoms with E-state index in [1.807, 2.05) is 6.92 Å². The average molecular weight is 275 g/mol. The van der Waals surface area contributed by atoms with Gasteiger partial charge in [-0.1, -0.05) is 5.11 Å². The maximum atomic E-state index is 8.28. The van der Waals surface area contributed by atoms with Gasteiger partial charge in [-0.05, 0) is 25.3 Å². The highest BCUT2D eigenvalue weighted by molar-refractivity contribution is 4.65. The van der Waals surface area contributed by atoms with E-state index in [4.69, 9.17) is 24.5 Å². The van der Waals surface area contributed by atoms with Crippen molar-refractivity contribution >= 4 is 0 Å². The third kappa shape index (κ3) is 11.9. The topological polar surface area (TPSA) is 85.7 Å². The summed E-state index contributed by atoms with van der Waals surface area (Å²) in [5, 5.41) is 3.53. The molecule has 0 saturated heterocycles. The van der Waals surface area contributed by atoms with Crippen LogP contribution in [0.1, 0.15) is 19.8 Å². The second-order valence-corrected chi connectivity index (χ2v) is 4.14. The van der Waals surface area contributed by atoms with Gasteiger partial charge in [-0.25, -0.2) is 0 Å². The van der Waals surface area contributed by atoms with Crippen LogP contribution in [0.25, 0.3) is 10.4 Å². The molecule has 112 valence electrons. The summed E-state index contributed by atoms with van der Waals surface area (Å²) in [6.45, 7) is 4.66. The lowest BCUT2D eigenvalue weighted by molar-refractivity contribution is -0.0351. The van der Waals surface area contributed by atoms with Crippen LogP contribution in [-0.4, -0.2) is 59.4 Å². The van der Waals surface area contributed by atoms with Crippen LogP contribution in [0.5, 0.6) is 0 Å². The molecule has 0 aliphatic carbocycles. The smallest absolute Gasteiger partial charge is 0.0704 e. The molecule has 2 atom stereocenters. The Kier molecular flexibility index (Phi) is 13.0. The van der Waals surface area contributed by atoms with Crippen LogP contribution in [-0.2, 0) is 18.9 Å². The zero-order valence-corrected chi connectivity index (χ0v) is 12.1. The minimum absolute atomic E-state index is 0.0122. The normalized spacial score (nSPS) is 13.8. The molecule has 0 aromatic heterocycles. The molecule has 0 aromatic carbocycles. The molecular formula is C12H25N3O4. The van der Waals surface area contributed by atoms with Gasteiger partial charge in [0.25, 0.3) is 0 Å². The van der Waals surface area contributed by atoms with E-state index in [2.05, 4.69) is 10.0 Å². The fourth-order valence-corrected chi connectivity index (χ4v) is 1.58. The molecule has 0 radical (unpaired) electrons. The van der Waals surface area contributed by atoms with E-state index in [9.17, 15) is 0 Å². The summed E-state index contributed by atoms with van der Waals surface area (Å²) >= 11 is 0. The van der Waals surface area contributed by atoms with Crippen molar-refractivity contribution in [1.82, 2.24) is 0 Å². The highest BCUT2D eigenvalue weighted by Gasteiger charge is 2.14. The van der Waals surface area contributed by atoms with Crippen molar-refractivity contribution < 1.29 is 18.9 Å². The molecule has 0 fully saturated rings. The summed E-state index contributed by atoms with van der Waals surface area (Å²) in [5.41, 5.74) is 8.28. The standard InChI is InChI=1S/C12H25N3O4/c1-11(18-8-6-16-2)10-12(4-5-14-15-13)19-9-7-17-3/h11-12H,4-10H2,1-3H3. The molecule has 0 spiro atoms. The van der Waals surface area contributed by atoms with E-state index in [-0.39, 0.29) is 12.2 Å². The summed E-state index contributed by atoms with van der Waals surface area (Å²) in [6, 6.07) is 0. The van der Waals surface area contributed by atoms with Gasteiger partial charge in [0.1, 0.15) is 0 Å². The molecule has 7 nitrogen and oxygen atoms in total. The van der Waals surface area contributed by atoms with Gasteiger partial charge in [0.05, 0.1) is 38.6 Å². The molecule has 0 aliphatic rings. The summed E-state index contributed by atoms with van der Waals surface area (Å²) in [6.07, 6.45) is 1.53. The largest absolute Gasteiger partial charge is 0.382 e. The molecule has 0 N–H and O–H groups in total. The minimum atomic E-state index is 0.0122. The van der Waals surface area contributed by atoms with Crippen molar-refractivity contribution in [1.29, 1.82) is 0 Å². The van der Waals surface area contributed by atoms with E-state index in [1.54, 1.807) is 14.2 Å².